The summed E-state index contributed by atoms with van der Waals surface area (Å²) < 4.78 is 12.3. The summed E-state index contributed by atoms with van der Waals surface area (Å²) in [5.74, 6) is 3.31. The molecule has 1 saturated heterocycles. The van der Waals surface area contributed by atoms with Crippen LogP contribution in [-0.2, 0) is 13.0 Å². The van der Waals surface area contributed by atoms with E-state index in [1.165, 1.54) is 5.56 Å². The summed E-state index contributed by atoms with van der Waals surface area (Å²) in [5, 5.41) is 8.89. The maximum Gasteiger partial charge on any atom is 0.250 e. The monoisotopic (exact) mass is 745 g/mol. The molecule has 1 aliphatic rings. The summed E-state index contributed by atoms with van der Waals surface area (Å²) in [6, 6.07) is 29.3. The molecule has 1 fully saturated rings. The number of halogens is 3. The molecule has 2 N–H and O–H groups in total. The Balaban J connectivity index is 1.18. The number of nitrogens with one attached hydrogen (secondary N) is 2. The van der Waals surface area contributed by atoms with E-state index >= 15 is 0 Å². The van der Waals surface area contributed by atoms with Crippen LogP contribution in [0, 0.1) is 5.92 Å². The molecule has 9 nitrogen and oxygen atoms in total. The van der Waals surface area contributed by atoms with E-state index in [2.05, 4.69) is 72.0 Å². The Labute approximate surface area is 298 Å². The van der Waals surface area contributed by atoms with Crippen LogP contribution >= 0.6 is 39.1 Å². The van der Waals surface area contributed by atoms with E-state index < -0.39 is 0 Å². The molecule has 0 atom stereocenters. The summed E-state index contributed by atoms with van der Waals surface area (Å²) in [6.07, 6.45) is 4.84. The summed E-state index contributed by atoms with van der Waals surface area (Å²) in [6.45, 7) is 1.97. The van der Waals surface area contributed by atoms with Gasteiger partial charge in [0, 0.05) is 44.4 Å². The predicted molar refractivity (Wildman–Crippen MR) is 197 cm³/mol. The molecule has 1 aliphatic heterocycles. The van der Waals surface area contributed by atoms with E-state index in [9.17, 15) is 0 Å². The summed E-state index contributed by atoms with van der Waals surface area (Å²) in [5.41, 5.74) is 6.77. The quantitative estimate of drug-likeness (QED) is 0.0964. The normalized spacial score (nSPS) is 13.5. The zero-order chi connectivity index (χ0) is 33.3. The fourth-order valence-corrected chi connectivity index (χ4v) is 6.25. The first-order valence-electron chi connectivity index (χ1n) is 15.5. The molecule has 0 amide bonds. The van der Waals surface area contributed by atoms with Gasteiger partial charge in [-0.25, -0.2) is 5.43 Å². The van der Waals surface area contributed by atoms with Crippen molar-refractivity contribution < 1.29 is 9.47 Å². The van der Waals surface area contributed by atoms with Crippen molar-refractivity contribution >= 4 is 68.9 Å². The summed E-state index contributed by atoms with van der Waals surface area (Å²) >= 11 is 16.0. The van der Waals surface area contributed by atoms with Crippen molar-refractivity contribution in [3.05, 3.63) is 122 Å². The smallest absolute Gasteiger partial charge is 0.250 e. The average molecular weight is 748 g/mol. The number of piperidine rings is 1. The Morgan fingerprint density at radius 3 is 2.44 bits per heavy atom. The van der Waals surface area contributed by atoms with Crippen LogP contribution < -0.4 is 25.1 Å². The number of hydrogen-bond acceptors (Lipinski definition) is 9. The fraction of sp³-hybridized carbons (Fsp3) is 0.222. The van der Waals surface area contributed by atoms with Crippen molar-refractivity contribution in [1.29, 1.82) is 0 Å². The van der Waals surface area contributed by atoms with E-state index in [0.29, 0.717) is 39.6 Å². The van der Waals surface area contributed by atoms with E-state index in [-0.39, 0.29) is 6.61 Å². The molecule has 0 bridgehead atoms. The zero-order valence-electron chi connectivity index (χ0n) is 26.2. The Morgan fingerprint density at radius 2 is 1.69 bits per heavy atom. The standard InChI is InChI=1S/C36H34BrCl2N7O2/c1-47-31-12-10-30(11-13-31)41-34-42-35(44-36(43-34)46-17-15-25(16-18-46)19-24-5-3-2-4-6-24)45-40-22-27-20-28(37)8-14-33(27)48-23-26-7-9-29(38)21-32(26)39/h2-14,20-22,25H,15-19,23H2,1H3,(H2,41,42,43,44,45)/b40-22+. The van der Waals surface area contributed by atoms with Gasteiger partial charge in [0.15, 0.2) is 0 Å². The van der Waals surface area contributed by atoms with Crippen LogP contribution in [0.1, 0.15) is 29.5 Å². The molecule has 48 heavy (non-hydrogen) atoms. The lowest BCUT2D eigenvalue weighted by molar-refractivity contribution is 0.306. The topological polar surface area (TPSA) is 96.8 Å². The van der Waals surface area contributed by atoms with Gasteiger partial charge < -0.3 is 19.7 Å². The van der Waals surface area contributed by atoms with Crippen LogP contribution in [-0.4, -0.2) is 41.4 Å². The number of hydrogen-bond donors (Lipinski definition) is 2. The Morgan fingerprint density at radius 1 is 0.917 bits per heavy atom. The highest BCUT2D eigenvalue weighted by Gasteiger charge is 2.22. The molecule has 12 heteroatoms. The molecule has 2 heterocycles. The third-order valence-electron chi connectivity index (χ3n) is 7.97. The average Bonchev–Trinajstić information content (AvgIpc) is 3.10. The van der Waals surface area contributed by atoms with Crippen molar-refractivity contribution in [2.75, 3.05) is 35.8 Å². The highest BCUT2D eigenvalue weighted by Crippen LogP contribution is 2.28. The maximum atomic E-state index is 6.36. The van der Waals surface area contributed by atoms with Gasteiger partial charge in [0.2, 0.25) is 17.8 Å². The number of ether oxygens (including phenoxy) is 2. The van der Waals surface area contributed by atoms with Gasteiger partial charge in [0.25, 0.3) is 0 Å². The van der Waals surface area contributed by atoms with Gasteiger partial charge in [-0.3, -0.25) is 0 Å². The molecule has 0 spiro atoms. The van der Waals surface area contributed by atoms with Crippen molar-refractivity contribution in [2.45, 2.75) is 25.9 Å². The minimum Gasteiger partial charge on any atom is -0.497 e. The molecule has 4 aromatic carbocycles. The van der Waals surface area contributed by atoms with E-state index in [0.717, 1.165) is 59.4 Å². The molecule has 246 valence electrons. The number of rotatable bonds is 12. The van der Waals surface area contributed by atoms with Gasteiger partial charge in [-0.2, -0.15) is 20.1 Å². The van der Waals surface area contributed by atoms with Gasteiger partial charge in [0.1, 0.15) is 18.1 Å². The van der Waals surface area contributed by atoms with Gasteiger partial charge >= 0.3 is 0 Å². The molecule has 0 aliphatic carbocycles. The van der Waals surface area contributed by atoms with Crippen LogP contribution in [0.5, 0.6) is 11.5 Å². The Kier molecular flexibility index (Phi) is 11.3. The summed E-state index contributed by atoms with van der Waals surface area (Å²) in [4.78, 5) is 16.4. The second-order valence-electron chi connectivity index (χ2n) is 11.3. The first-order chi connectivity index (χ1) is 23.4. The summed E-state index contributed by atoms with van der Waals surface area (Å²) in [7, 11) is 1.64. The van der Waals surface area contributed by atoms with Gasteiger partial charge in [0.05, 0.1) is 13.3 Å². The van der Waals surface area contributed by atoms with Crippen molar-refractivity contribution in [3.63, 3.8) is 0 Å². The third kappa shape index (κ3) is 9.15. The van der Waals surface area contributed by atoms with Crippen molar-refractivity contribution in [1.82, 2.24) is 15.0 Å². The lowest BCUT2D eigenvalue weighted by Crippen LogP contribution is -2.35. The number of anilines is 4. The van der Waals surface area contributed by atoms with Crippen LogP contribution in [0.15, 0.2) is 101 Å². The van der Waals surface area contributed by atoms with E-state index in [4.69, 9.17) is 42.6 Å². The third-order valence-corrected chi connectivity index (χ3v) is 9.05. The van der Waals surface area contributed by atoms with Crippen LogP contribution in [0.25, 0.3) is 0 Å². The van der Waals surface area contributed by atoms with Crippen molar-refractivity contribution in [2.24, 2.45) is 11.0 Å². The minimum absolute atomic E-state index is 0.269. The van der Waals surface area contributed by atoms with Gasteiger partial charge in [-0.15, -0.1) is 0 Å². The van der Waals surface area contributed by atoms with Crippen molar-refractivity contribution in [3.8, 4) is 11.5 Å². The van der Waals surface area contributed by atoms with Crippen LogP contribution in [0.4, 0.5) is 23.5 Å². The number of methoxy groups -OCH3 is 1. The molecule has 1 aromatic heterocycles. The number of benzene rings is 4. The van der Waals surface area contributed by atoms with E-state index in [1.807, 2.05) is 48.5 Å². The lowest BCUT2D eigenvalue weighted by atomic mass is 9.90. The first-order valence-corrected chi connectivity index (χ1v) is 17.1. The molecule has 6 rings (SSSR count). The van der Waals surface area contributed by atoms with E-state index in [1.54, 1.807) is 25.5 Å². The lowest BCUT2D eigenvalue weighted by Gasteiger charge is -2.32. The molecule has 5 aromatic rings. The molecular weight excluding hydrogens is 713 g/mol. The molecule has 0 unspecified atom stereocenters. The second-order valence-corrected chi connectivity index (χ2v) is 13.1. The second kappa shape index (κ2) is 16.1. The SMILES string of the molecule is COc1ccc(Nc2nc(N/N=C/c3cc(Br)ccc3OCc3ccc(Cl)cc3Cl)nc(N3CCC(Cc4ccccc4)CC3)n2)cc1. The molecule has 0 saturated carbocycles. The number of aromatic nitrogens is 3. The maximum absolute atomic E-state index is 6.36. The van der Waals surface area contributed by atoms with Gasteiger partial charge in [-0.05, 0) is 85.3 Å². The fourth-order valence-electron chi connectivity index (χ4n) is 5.41. The van der Waals surface area contributed by atoms with Crippen LogP contribution in [0.3, 0.4) is 0 Å². The minimum atomic E-state index is 0.269. The molecule has 0 radical (unpaired) electrons. The Hall–Kier alpha value is -4.38. The highest BCUT2D eigenvalue weighted by atomic mass is 79.9. The first kappa shape index (κ1) is 33.5. The molecular formula is C36H34BrCl2N7O2. The predicted octanol–water partition coefficient (Wildman–Crippen LogP) is 9.18. The largest absolute Gasteiger partial charge is 0.497 e. The highest BCUT2D eigenvalue weighted by molar-refractivity contribution is 9.10. The van der Waals surface area contributed by atoms with Crippen LogP contribution in [0.2, 0.25) is 10.0 Å². The zero-order valence-corrected chi connectivity index (χ0v) is 29.3. The Bertz CT molecular complexity index is 1850. The number of hydrazone groups is 1. The van der Waals surface area contributed by atoms with Gasteiger partial charge in [-0.1, -0.05) is 75.5 Å². The number of nitrogens with zero attached hydrogens (tertiary/aromatic N) is 5.